The molecule has 0 amide bonds. The molecule has 0 radical (unpaired) electrons. The summed E-state index contributed by atoms with van der Waals surface area (Å²) < 4.78 is 7.14. The highest BCUT2D eigenvalue weighted by molar-refractivity contribution is 7.15. The van der Waals surface area contributed by atoms with Gasteiger partial charge < -0.3 is 4.74 Å². The summed E-state index contributed by atoms with van der Waals surface area (Å²) in [6.07, 6.45) is 1.87. The highest BCUT2D eigenvalue weighted by Gasteiger charge is 2.12. The second-order valence-corrected chi connectivity index (χ2v) is 6.69. The number of hydrogen-bond donors (Lipinski definition) is 0. The van der Waals surface area contributed by atoms with E-state index in [-0.39, 0.29) is 5.56 Å². The molecule has 0 atom stereocenters. The lowest BCUT2D eigenvalue weighted by atomic mass is 10.1. The summed E-state index contributed by atoms with van der Waals surface area (Å²) in [7, 11) is 1.62. The Labute approximate surface area is 147 Å². The zero-order chi connectivity index (χ0) is 17.4. The van der Waals surface area contributed by atoms with E-state index in [0.29, 0.717) is 15.3 Å². The zero-order valence-electron chi connectivity index (χ0n) is 13.8. The number of fused-ring (bicyclic) bond motifs is 1. The van der Waals surface area contributed by atoms with Crippen molar-refractivity contribution in [1.82, 2.24) is 14.6 Å². The van der Waals surface area contributed by atoms with Crippen molar-refractivity contribution in [3.05, 3.63) is 74.5 Å². The van der Waals surface area contributed by atoms with Gasteiger partial charge in [-0.1, -0.05) is 41.2 Å². The molecular formula is C19H15N3O2S. The Morgan fingerprint density at radius 3 is 2.44 bits per heavy atom. The van der Waals surface area contributed by atoms with Crippen LogP contribution >= 0.6 is 11.3 Å². The first-order valence-corrected chi connectivity index (χ1v) is 8.58. The van der Waals surface area contributed by atoms with Gasteiger partial charge in [0.15, 0.2) is 5.82 Å². The van der Waals surface area contributed by atoms with Crippen LogP contribution in [0, 0.1) is 6.92 Å². The smallest absolute Gasteiger partial charge is 0.291 e. The summed E-state index contributed by atoms with van der Waals surface area (Å²) in [6.45, 7) is 2.03. The monoisotopic (exact) mass is 349 g/mol. The second-order valence-electron chi connectivity index (χ2n) is 5.68. The largest absolute Gasteiger partial charge is 0.497 e. The molecule has 25 heavy (non-hydrogen) atoms. The minimum atomic E-state index is -0.146. The van der Waals surface area contributed by atoms with Gasteiger partial charge in [0.1, 0.15) is 5.75 Å². The van der Waals surface area contributed by atoms with Gasteiger partial charge in [0.25, 0.3) is 5.56 Å². The van der Waals surface area contributed by atoms with Crippen molar-refractivity contribution in [2.75, 3.05) is 7.11 Å². The molecule has 2 heterocycles. The van der Waals surface area contributed by atoms with Crippen molar-refractivity contribution in [3.63, 3.8) is 0 Å². The molecule has 0 saturated heterocycles. The van der Waals surface area contributed by atoms with Crippen LogP contribution in [-0.2, 0) is 0 Å². The topological polar surface area (TPSA) is 56.5 Å². The van der Waals surface area contributed by atoms with Crippen LogP contribution < -0.4 is 14.8 Å². The van der Waals surface area contributed by atoms with E-state index in [1.165, 1.54) is 21.4 Å². The Kier molecular flexibility index (Phi) is 3.82. The molecular weight excluding hydrogens is 334 g/mol. The van der Waals surface area contributed by atoms with Crippen LogP contribution in [0.1, 0.15) is 11.1 Å². The molecule has 0 aliphatic heterocycles. The Balaban J connectivity index is 1.76. The van der Waals surface area contributed by atoms with Crippen LogP contribution in [-0.4, -0.2) is 21.7 Å². The van der Waals surface area contributed by atoms with Gasteiger partial charge in [-0.2, -0.15) is 9.50 Å². The third kappa shape index (κ3) is 2.92. The molecule has 4 rings (SSSR count). The second kappa shape index (κ2) is 6.14. The highest BCUT2D eigenvalue weighted by Crippen LogP contribution is 2.20. The number of ether oxygens (including phenoxy) is 1. The van der Waals surface area contributed by atoms with E-state index >= 15 is 0 Å². The highest BCUT2D eigenvalue weighted by atomic mass is 32.1. The van der Waals surface area contributed by atoms with Crippen LogP contribution in [0.5, 0.6) is 5.75 Å². The van der Waals surface area contributed by atoms with Crippen molar-refractivity contribution in [2.24, 2.45) is 0 Å². The molecule has 0 saturated carbocycles. The fraction of sp³-hybridized carbons (Fsp3) is 0.105. The Hall–Kier alpha value is -2.99. The fourth-order valence-electron chi connectivity index (χ4n) is 2.51. The van der Waals surface area contributed by atoms with Crippen molar-refractivity contribution >= 4 is 22.4 Å². The van der Waals surface area contributed by atoms with Gasteiger partial charge >= 0.3 is 0 Å². The maximum atomic E-state index is 12.6. The van der Waals surface area contributed by atoms with Gasteiger partial charge in [-0.05, 0) is 42.8 Å². The van der Waals surface area contributed by atoms with Gasteiger partial charge in [0, 0.05) is 5.56 Å². The van der Waals surface area contributed by atoms with E-state index < -0.39 is 0 Å². The first-order valence-electron chi connectivity index (χ1n) is 7.76. The van der Waals surface area contributed by atoms with Gasteiger partial charge in [0.05, 0.1) is 11.6 Å². The number of aryl methyl sites for hydroxylation is 1. The average molecular weight is 349 g/mol. The third-order valence-corrected chi connectivity index (χ3v) is 4.86. The van der Waals surface area contributed by atoms with Crippen molar-refractivity contribution < 1.29 is 4.74 Å². The molecule has 0 N–H and O–H groups in total. The third-order valence-electron chi connectivity index (χ3n) is 3.91. The van der Waals surface area contributed by atoms with E-state index in [0.717, 1.165) is 16.9 Å². The molecule has 0 bridgehead atoms. The van der Waals surface area contributed by atoms with Gasteiger partial charge in [0.2, 0.25) is 4.96 Å². The average Bonchev–Trinajstić information content (AvgIpc) is 3.17. The fourth-order valence-corrected chi connectivity index (χ4v) is 3.42. The van der Waals surface area contributed by atoms with E-state index in [4.69, 9.17) is 4.74 Å². The zero-order valence-corrected chi connectivity index (χ0v) is 14.6. The summed E-state index contributed by atoms with van der Waals surface area (Å²) in [6, 6.07) is 15.5. The van der Waals surface area contributed by atoms with Gasteiger partial charge in [-0.25, -0.2) is 0 Å². The molecule has 0 aliphatic carbocycles. The first kappa shape index (κ1) is 15.5. The molecule has 0 unspecified atom stereocenters. The molecule has 4 aromatic rings. The van der Waals surface area contributed by atoms with Gasteiger partial charge in [-0.3, -0.25) is 4.79 Å². The molecule has 0 spiro atoms. The van der Waals surface area contributed by atoms with E-state index in [1.54, 1.807) is 7.11 Å². The minimum Gasteiger partial charge on any atom is -0.497 e. The normalized spacial score (nSPS) is 12.0. The summed E-state index contributed by atoms with van der Waals surface area (Å²) in [5.74, 6) is 1.30. The van der Waals surface area contributed by atoms with E-state index in [1.807, 2.05) is 61.5 Å². The number of methoxy groups -OCH3 is 1. The van der Waals surface area contributed by atoms with Gasteiger partial charge in [-0.15, -0.1) is 5.10 Å². The molecule has 5 nitrogen and oxygen atoms in total. The van der Waals surface area contributed by atoms with E-state index in [9.17, 15) is 4.79 Å². The number of nitrogens with zero attached hydrogens (tertiary/aromatic N) is 3. The Morgan fingerprint density at radius 1 is 1.08 bits per heavy atom. The standard InChI is InChI=1S/C19H15N3O2S/c1-12-3-5-13(6-4-12)11-16-18(23)22-19(25-16)20-17(21-22)14-7-9-15(24-2)10-8-14/h3-11H,1-2H3. The van der Waals surface area contributed by atoms with Crippen molar-refractivity contribution in [2.45, 2.75) is 6.92 Å². The van der Waals surface area contributed by atoms with Crippen molar-refractivity contribution in [1.29, 1.82) is 0 Å². The SMILES string of the molecule is COc1ccc(-c2nc3sc(=Cc4ccc(C)cc4)c(=O)n3n2)cc1. The predicted molar refractivity (Wildman–Crippen MR) is 99.1 cm³/mol. The molecule has 6 heteroatoms. The summed E-state index contributed by atoms with van der Waals surface area (Å²) in [5.41, 5.74) is 2.88. The van der Waals surface area contributed by atoms with Crippen LogP contribution in [0.2, 0.25) is 0 Å². The number of thiazole rings is 1. The number of benzene rings is 2. The lowest BCUT2D eigenvalue weighted by Crippen LogP contribution is -2.23. The number of hydrogen-bond acceptors (Lipinski definition) is 5. The van der Waals surface area contributed by atoms with Crippen molar-refractivity contribution in [3.8, 4) is 17.1 Å². The lowest BCUT2D eigenvalue weighted by molar-refractivity contribution is 0.415. The summed E-state index contributed by atoms with van der Waals surface area (Å²) >= 11 is 1.34. The quantitative estimate of drug-likeness (QED) is 0.571. The molecule has 2 aromatic heterocycles. The molecule has 0 fully saturated rings. The molecule has 124 valence electrons. The predicted octanol–water partition coefficient (Wildman–Crippen LogP) is 2.68. The minimum absolute atomic E-state index is 0.146. The Morgan fingerprint density at radius 2 is 1.80 bits per heavy atom. The molecule has 0 aliphatic rings. The number of rotatable bonds is 3. The number of aromatic nitrogens is 3. The Bertz CT molecular complexity index is 1140. The van der Waals surface area contributed by atoms with Crippen LogP contribution in [0.3, 0.4) is 0 Å². The lowest BCUT2D eigenvalue weighted by Gasteiger charge is -1.99. The van der Waals surface area contributed by atoms with Crippen LogP contribution in [0.15, 0.2) is 53.3 Å². The van der Waals surface area contributed by atoms with Crippen LogP contribution in [0.4, 0.5) is 0 Å². The van der Waals surface area contributed by atoms with E-state index in [2.05, 4.69) is 10.1 Å². The molecule has 2 aromatic carbocycles. The maximum Gasteiger partial charge on any atom is 0.291 e. The first-order chi connectivity index (χ1) is 12.1. The summed E-state index contributed by atoms with van der Waals surface area (Å²) in [5, 5.41) is 4.36. The summed E-state index contributed by atoms with van der Waals surface area (Å²) in [4.78, 5) is 17.6. The maximum absolute atomic E-state index is 12.6. The van der Waals surface area contributed by atoms with Crippen LogP contribution in [0.25, 0.3) is 22.4 Å².